The van der Waals surface area contributed by atoms with E-state index >= 15 is 0 Å². The first-order valence-electron chi connectivity index (χ1n) is 3.05. The zero-order valence-corrected chi connectivity index (χ0v) is 5.61. The molecule has 40 valence electrons. The molecule has 0 nitrogen and oxygen atoms in total. The van der Waals surface area contributed by atoms with Gasteiger partial charge in [-0.1, -0.05) is 25.7 Å². The van der Waals surface area contributed by atoms with Gasteiger partial charge in [-0.15, -0.1) is 0 Å². The molecule has 1 aliphatic rings. The van der Waals surface area contributed by atoms with Gasteiger partial charge < -0.3 is 6.08 Å². The van der Waals surface area contributed by atoms with Crippen LogP contribution in [0.1, 0.15) is 32.1 Å². The van der Waals surface area contributed by atoms with Gasteiger partial charge in [-0.25, -0.2) is 0 Å². The van der Waals surface area contributed by atoms with E-state index in [2.05, 4.69) is 12.2 Å². The Morgan fingerprint density at radius 2 is 2.00 bits per heavy atom. The molecular formula is C7H11Li. The Hall–Kier alpha value is 0.337. The Morgan fingerprint density at radius 3 is 2.88 bits per heavy atom. The van der Waals surface area contributed by atoms with Gasteiger partial charge in [0.15, 0.2) is 0 Å². The summed E-state index contributed by atoms with van der Waals surface area (Å²) < 4.78 is 0. The van der Waals surface area contributed by atoms with Crippen molar-refractivity contribution in [1.29, 1.82) is 0 Å². The SMILES string of the molecule is [C-]1=CCCCCC1.[Li+]. The minimum atomic E-state index is 0. The summed E-state index contributed by atoms with van der Waals surface area (Å²) in [5.74, 6) is 0. The summed E-state index contributed by atoms with van der Waals surface area (Å²) in [6, 6.07) is 0. The quantitative estimate of drug-likeness (QED) is 0.280. The molecule has 1 rings (SSSR count). The van der Waals surface area contributed by atoms with E-state index in [-0.39, 0.29) is 18.9 Å². The van der Waals surface area contributed by atoms with Gasteiger partial charge in [-0.05, 0) is 0 Å². The molecule has 0 N–H and O–H groups in total. The molecule has 0 aliphatic heterocycles. The van der Waals surface area contributed by atoms with Crippen molar-refractivity contribution in [3.63, 3.8) is 0 Å². The summed E-state index contributed by atoms with van der Waals surface area (Å²) in [7, 11) is 0. The molecule has 1 heteroatoms. The molecule has 1 aliphatic carbocycles. The van der Waals surface area contributed by atoms with Gasteiger partial charge in [0.05, 0.1) is 0 Å². The van der Waals surface area contributed by atoms with Crippen molar-refractivity contribution in [2.45, 2.75) is 32.1 Å². The molecule has 0 heterocycles. The average molecular weight is 102 g/mol. The Bertz CT molecular complexity index is 58.8. The fourth-order valence-corrected chi connectivity index (χ4v) is 0.854. The molecule has 0 aromatic carbocycles. The fraction of sp³-hybridized carbons (Fsp3) is 0.714. The molecule has 0 saturated heterocycles. The van der Waals surface area contributed by atoms with Crippen LogP contribution in [0.2, 0.25) is 0 Å². The summed E-state index contributed by atoms with van der Waals surface area (Å²) in [4.78, 5) is 0. The van der Waals surface area contributed by atoms with Crippen LogP contribution in [0.15, 0.2) is 6.08 Å². The van der Waals surface area contributed by atoms with Crippen LogP contribution in [0.3, 0.4) is 0 Å². The first-order chi connectivity index (χ1) is 3.50. The number of hydrogen-bond acceptors (Lipinski definition) is 0. The van der Waals surface area contributed by atoms with E-state index < -0.39 is 0 Å². The van der Waals surface area contributed by atoms with Crippen LogP contribution >= 0.6 is 0 Å². The van der Waals surface area contributed by atoms with Crippen LogP contribution in [0.4, 0.5) is 0 Å². The van der Waals surface area contributed by atoms with E-state index in [1.54, 1.807) is 0 Å². The third kappa shape index (κ3) is 3.35. The molecule has 0 aromatic rings. The van der Waals surface area contributed by atoms with E-state index in [1.165, 1.54) is 32.1 Å². The minimum absolute atomic E-state index is 0. The maximum Gasteiger partial charge on any atom is 1.00 e. The molecule has 0 unspecified atom stereocenters. The molecule has 8 heavy (non-hydrogen) atoms. The van der Waals surface area contributed by atoms with Crippen molar-refractivity contribution in [2.75, 3.05) is 0 Å². The van der Waals surface area contributed by atoms with Crippen LogP contribution in [-0.4, -0.2) is 0 Å². The minimum Gasteiger partial charge on any atom is -0.501 e. The zero-order chi connectivity index (χ0) is 4.95. The number of allylic oxidation sites excluding steroid dienone is 2. The molecule has 0 amide bonds. The van der Waals surface area contributed by atoms with Crippen molar-refractivity contribution in [1.82, 2.24) is 0 Å². The second-order valence-electron chi connectivity index (χ2n) is 2.01. The largest absolute Gasteiger partial charge is 1.00 e. The van der Waals surface area contributed by atoms with Gasteiger partial charge in [0.2, 0.25) is 0 Å². The van der Waals surface area contributed by atoms with Crippen molar-refractivity contribution in [2.24, 2.45) is 0 Å². The normalized spacial score (nSPS) is 19.0. The summed E-state index contributed by atoms with van der Waals surface area (Å²) in [5, 5.41) is 0. The van der Waals surface area contributed by atoms with E-state index in [0.29, 0.717) is 0 Å². The Balaban J connectivity index is 0.000000490. The predicted octanol–water partition coefficient (Wildman–Crippen LogP) is -0.686. The summed E-state index contributed by atoms with van der Waals surface area (Å²) >= 11 is 0. The maximum atomic E-state index is 3.22. The molecule has 0 spiro atoms. The first kappa shape index (κ1) is 8.34. The van der Waals surface area contributed by atoms with Gasteiger partial charge in [0, 0.05) is 0 Å². The molecule has 0 atom stereocenters. The van der Waals surface area contributed by atoms with Gasteiger partial charge in [-0.2, -0.15) is 6.42 Å². The van der Waals surface area contributed by atoms with E-state index in [4.69, 9.17) is 0 Å². The third-order valence-corrected chi connectivity index (χ3v) is 1.31. The van der Waals surface area contributed by atoms with Crippen molar-refractivity contribution in [3.05, 3.63) is 12.2 Å². The monoisotopic (exact) mass is 102 g/mol. The molecular weight excluding hydrogens is 91.0 g/mol. The second kappa shape index (κ2) is 5.47. The molecule has 0 radical (unpaired) electrons. The van der Waals surface area contributed by atoms with Crippen LogP contribution in [0.25, 0.3) is 0 Å². The topological polar surface area (TPSA) is 0 Å². The Labute approximate surface area is 63.5 Å². The summed E-state index contributed by atoms with van der Waals surface area (Å²) in [5.41, 5.74) is 0. The zero-order valence-electron chi connectivity index (χ0n) is 5.61. The van der Waals surface area contributed by atoms with Crippen LogP contribution < -0.4 is 18.9 Å². The second-order valence-corrected chi connectivity index (χ2v) is 2.01. The number of rotatable bonds is 0. The number of hydrogen-bond donors (Lipinski definition) is 0. The predicted molar refractivity (Wildman–Crippen MR) is 30.9 cm³/mol. The molecule has 0 bridgehead atoms. The fourth-order valence-electron chi connectivity index (χ4n) is 0.854. The van der Waals surface area contributed by atoms with Gasteiger partial charge in [0.1, 0.15) is 0 Å². The Morgan fingerprint density at radius 1 is 1.12 bits per heavy atom. The standard InChI is InChI=1S/C7H11.Li/c1-2-4-6-7-5-3-1;/h1H,2,4-7H2;/q-1;+1. The smallest absolute Gasteiger partial charge is 0.501 e. The Kier molecular flexibility index (Phi) is 5.70. The van der Waals surface area contributed by atoms with E-state index in [0.717, 1.165) is 0 Å². The molecule has 0 aromatic heterocycles. The molecule has 0 fully saturated rings. The van der Waals surface area contributed by atoms with Crippen molar-refractivity contribution < 1.29 is 18.9 Å². The van der Waals surface area contributed by atoms with Crippen molar-refractivity contribution >= 4 is 0 Å². The van der Waals surface area contributed by atoms with Crippen LogP contribution in [0.5, 0.6) is 0 Å². The van der Waals surface area contributed by atoms with E-state index in [9.17, 15) is 0 Å². The average Bonchev–Trinajstić information content (AvgIpc) is 1.90. The maximum absolute atomic E-state index is 3.22. The summed E-state index contributed by atoms with van der Waals surface area (Å²) in [6.07, 6.45) is 12.0. The van der Waals surface area contributed by atoms with Crippen LogP contribution in [0, 0.1) is 6.08 Å². The van der Waals surface area contributed by atoms with Crippen molar-refractivity contribution in [3.8, 4) is 0 Å². The first-order valence-corrected chi connectivity index (χ1v) is 3.05. The van der Waals surface area contributed by atoms with Gasteiger partial charge >= 0.3 is 18.9 Å². The van der Waals surface area contributed by atoms with E-state index in [1.807, 2.05) is 0 Å². The van der Waals surface area contributed by atoms with Gasteiger partial charge in [-0.3, -0.25) is 6.08 Å². The third-order valence-electron chi connectivity index (χ3n) is 1.31. The van der Waals surface area contributed by atoms with Gasteiger partial charge in [0.25, 0.3) is 0 Å². The van der Waals surface area contributed by atoms with Crippen LogP contribution in [-0.2, 0) is 0 Å². The summed E-state index contributed by atoms with van der Waals surface area (Å²) in [6.45, 7) is 0. The molecule has 0 saturated carbocycles.